The van der Waals surface area contributed by atoms with E-state index in [1.807, 2.05) is 0 Å². The Labute approximate surface area is 145 Å². The number of hydrogen-bond donors (Lipinski definition) is 0. The molecule has 1 aliphatic rings. The third kappa shape index (κ3) is 4.29. The molecular formula is C19H18O6. The number of benzene rings is 2. The molecule has 2 aromatic carbocycles. The summed E-state index contributed by atoms with van der Waals surface area (Å²) in [6.45, 7) is 0.703. The number of carbonyl (C=O) groups excluding carboxylic acids is 2. The van der Waals surface area contributed by atoms with E-state index in [2.05, 4.69) is 0 Å². The van der Waals surface area contributed by atoms with Gasteiger partial charge >= 0.3 is 5.97 Å². The van der Waals surface area contributed by atoms with Crippen molar-refractivity contribution in [2.24, 2.45) is 0 Å². The van der Waals surface area contributed by atoms with Crippen LogP contribution in [0.3, 0.4) is 0 Å². The Balaban J connectivity index is 1.53. The topological polar surface area (TPSA) is 71.1 Å². The van der Waals surface area contributed by atoms with Gasteiger partial charge in [0, 0.05) is 5.56 Å². The third-order valence-corrected chi connectivity index (χ3v) is 3.73. The molecule has 6 nitrogen and oxygen atoms in total. The van der Waals surface area contributed by atoms with Crippen molar-refractivity contribution in [3.05, 3.63) is 53.6 Å². The van der Waals surface area contributed by atoms with Crippen LogP contribution in [-0.4, -0.2) is 38.7 Å². The van der Waals surface area contributed by atoms with E-state index in [1.165, 1.54) is 0 Å². The molecule has 25 heavy (non-hydrogen) atoms. The van der Waals surface area contributed by atoms with Gasteiger partial charge in [0.05, 0.1) is 13.5 Å². The third-order valence-electron chi connectivity index (χ3n) is 3.73. The van der Waals surface area contributed by atoms with Crippen molar-refractivity contribution in [2.45, 2.75) is 6.42 Å². The van der Waals surface area contributed by atoms with E-state index in [9.17, 15) is 9.59 Å². The van der Waals surface area contributed by atoms with Gasteiger partial charge in [0.1, 0.15) is 19.0 Å². The largest absolute Gasteiger partial charge is 0.497 e. The summed E-state index contributed by atoms with van der Waals surface area (Å²) in [5, 5.41) is 0. The van der Waals surface area contributed by atoms with Crippen molar-refractivity contribution in [1.82, 2.24) is 0 Å². The van der Waals surface area contributed by atoms with E-state index in [0.717, 1.165) is 5.56 Å². The molecule has 0 N–H and O–H groups in total. The summed E-state index contributed by atoms with van der Waals surface area (Å²) in [7, 11) is 1.55. The predicted molar refractivity (Wildman–Crippen MR) is 89.4 cm³/mol. The summed E-state index contributed by atoms with van der Waals surface area (Å²) >= 11 is 0. The molecule has 0 aromatic heterocycles. The molecule has 0 bridgehead atoms. The van der Waals surface area contributed by atoms with Crippen molar-refractivity contribution in [1.29, 1.82) is 0 Å². The SMILES string of the molecule is COc1ccc(C(=O)COC(=O)Cc2ccc3c(c2)OCCO3)cc1. The van der Waals surface area contributed by atoms with Gasteiger partial charge in [0.2, 0.25) is 0 Å². The summed E-state index contributed by atoms with van der Waals surface area (Å²) in [5.41, 5.74) is 1.21. The summed E-state index contributed by atoms with van der Waals surface area (Å²) in [4.78, 5) is 24.0. The maximum Gasteiger partial charge on any atom is 0.310 e. The van der Waals surface area contributed by atoms with E-state index in [4.69, 9.17) is 18.9 Å². The van der Waals surface area contributed by atoms with Crippen molar-refractivity contribution < 1.29 is 28.5 Å². The molecule has 0 saturated carbocycles. The minimum absolute atomic E-state index is 0.0620. The van der Waals surface area contributed by atoms with Gasteiger partial charge in [-0.3, -0.25) is 9.59 Å². The minimum Gasteiger partial charge on any atom is -0.497 e. The summed E-state index contributed by atoms with van der Waals surface area (Å²) in [6, 6.07) is 11.9. The summed E-state index contributed by atoms with van der Waals surface area (Å²) < 4.78 is 21.0. The number of ether oxygens (including phenoxy) is 4. The molecule has 3 rings (SSSR count). The molecule has 2 aromatic rings. The first-order valence-corrected chi connectivity index (χ1v) is 7.87. The first-order chi connectivity index (χ1) is 12.2. The fraction of sp³-hybridized carbons (Fsp3) is 0.263. The lowest BCUT2D eigenvalue weighted by molar-refractivity contribution is -0.141. The summed E-state index contributed by atoms with van der Waals surface area (Å²) in [6.07, 6.45) is 0.0620. The summed E-state index contributed by atoms with van der Waals surface area (Å²) in [5.74, 6) is 1.20. The van der Waals surface area contributed by atoms with Crippen molar-refractivity contribution in [2.75, 3.05) is 26.9 Å². The Morgan fingerprint density at radius 2 is 1.72 bits per heavy atom. The molecule has 0 spiro atoms. The van der Waals surface area contributed by atoms with Crippen molar-refractivity contribution >= 4 is 11.8 Å². The fourth-order valence-electron chi connectivity index (χ4n) is 2.42. The van der Waals surface area contributed by atoms with Gasteiger partial charge in [0.25, 0.3) is 0 Å². The highest BCUT2D eigenvalue weighted by atomic mass is 16.6. The van der Waals surface area contributed by atoms with Crippen LogP contribution in [0.4, 0.5) is 0 Å². The zero-order valence-electron chi connectivity index (χ0n) is 13.8. The van der Waals surface area contributed by atoms with E-state index in [0.29, 0.717) is 36.0 Å². The number of rotatable bonds is 6. The van der Waals surface area contributed by atoms with Crippen LogP contribution in [0.15, 0.2) is 42.5 Å². The van der Waals surface area contributed by atoms with Crippen LogP contribution in [0, 0.1) is 0 Å². The van der Waals surface area contributed by atoms with Gasteiger partial charge in [-0.2, -0.15) is 0 Å². The Bertz CT molecular complexity index is 766. The average Bonchev–Trinajstić information content (AvgIpc) is 2.66. The Morgan fingerprint density at radius 1 is 1.00 bits per heavy atom. The zero-order valence-corrected chi connectivity index (χ0v) is 13.8. The van der Waals surface area contributed by atoms with Crippen molar-refractivity contribution in [3.63, 3.8) is 0 Å². The average molecular weight is 342 g/mol. The number of Topliss-reactive ketones (excluding diaryl/α,β-unsaturated/α-hetero) is 1. The smallest absolute Gasteiger partial charge is 0.310 e. The van der Waals surface area contributed by atoms with Crippen LogP contribution < -0.4 is 14.2 Å². The molecule has 0 aliphatic carbocycles. The molecule has 0 amide bonds. The van der Waals surface area contributed by atoms with Gasteiger partial charge in [-0.25, -0.2) is 0 Å². The quantitative estimate of drug-likeness (QED) is 0.593. The second kappa shape index (κ2) is 7.70. The standard InChI is InChI=1S/C19H18O6/c1-22-15-5-3-14(4-6-15)16(20)12-25-19(21)11-13-2-7-17-18(10-13)24-9-8-23-17/h2-7,10H,8-9,11-12H2,1H3. The van der Waals surface area contributed by atoms with Crippen LogP contribution in [0.2, 0.25) is 0 Å². The maximum atomic E-state index is 12.0. The Kier molecular flexibility index (Phi) is 5.18. The van der Waals surface area contributed by atoms with Crippen LogP contribution in [0.25, 0.3) is 0 Å². The molecule has 1 heterocycles. The lowest BCUT2D eigenvalue weighted by atomic mass is 10.1. The highest BCUT2D eigenvalue weighted by Gasteiger charge is 2.15. The maximum absolute atomic E-state index is 12.0. The minimum atomic E-state index is -0.474. The lowest BCUT2D eigenvalue weighted by Crippen LogP contribution is -2.17. The van der Waals surface area contributed by atoms with Crippen LogP contribution in [-0.2, 0) is 16.0 Å². The number of ketones is 1. The fourth-order valence-corrected chi connectivity index (χ4v) is 2.42. The van der Waals surface area contributed by atoms with Crippen LogP contribution in [0.1, 0.15) is 15.9 Å². The van der Waals surface area contributed by atoms with Gasteiger partial charge < -0.3 is 18.9 Å². The highest BCUT2D eigenvalue weighted by molar-refractivity contribution is 5.98. The van der Waals surface area contributed by atoms with Gasteiger partial charge in [-0.15, -0.1) is 0 Å². The zero-order chi connectivity index (χ0) is 17.6. The van der Waals surface area contributed by atoms with Gasteiger partial charge in [-0.1, -0.05) is 6.07 Å². The molecule has 0 radical (unpaired) electrons. The van der Waals surface area contributed by atoms with Gasteiger partial charge in [-0.05, 0) is 42.0 Å². The molecule has 0 fully saturated rings. The van der Waals surface area contributed by atoms with E-state index in [1.54, 1.807) is 49.6 Å². The van der Waals surface area contributed by atoms with Crippen LogP contribution in [0.5, 0.6) is 17.2 Å². The highest BCUT2D eigenvalue weighted by Crippen LogP contribution is 2.30. The molecular weight excluding hydrogens is 324 g/mol. The number of hydrogen-bond acceptors (Lipinski definition) is 6. The number of esters is 1. The first-order valence-electron chi connectivity index (χ1n) is 7.87. The molecule has 1 aliphatic heterocycles. The van der Waals surface area contributed by atoms with Crippen LogP contribution >= 0.6 is 0 Å². The molecule has 0 atom stereocenters. The first kappa shape index (κ1) is 16.8. The number of methoxy groups -OCH3 is 1. The monoisotopic (exact) mass is 342 g/mol. The lowest BCUT2D eigenvalue weighted by Gasteiger charge is -2.18. The van der Waals surface area contributed by atoms with E-state index in [-0.39, 0.29) is 18.8 Å². The van der Waals surface area contributed by atoms with E-state index >= 15 is 0 Å². The molecule has 0 saturated heterocycles. The number of fused-ring (bicyclic) bond motifs is 1. The number of carbonyl (C=O) groups is 2. The Morgan fingerprint density at radius 3 is 2.44 bits per heavy atom. The van der Waals surface area contributed by atoms with Crippen molar-refractivity contribution in [3.8, 4) is 17.2 Å². The molecule has 0 unspecified atom stereocenters. The van der Waals surface area contributed by atoms with Gasteiger partial charge in [0.15, 0.2) is 23.9 Å². The molecule has 130 valence electrons. The molecule has 6 heteroatoms. The predicted octanol–water partition coefficient (Wildman–Crippen LogP) is 2.44. The van der Waals surface area contributed by atoms with E-state index < -0.39 is 5.97 Å². The normalized spacial score (nSPS) is 12.4. The second-order valence-corrected chi connectivity index (χ2v) is 5.47. The second-order valence-electron chi connectivity index (χ2n) is 5.47. The Hall–Kier alpha value is -3.02.